The molecule has 2 N–H and O–H groups in total. The molecule has 0 unspecified atom stereocenters. The van der Waals surface area contributed by atoms with Crippen LogP contribution in [0.1, 0.15) is 15.9 Å². The first-order valence-corrected chi connectivity index (χ1v) is 9.51. The second-order valence-electron chi connectivity index (χ2n) is 6.40. The van der Waals surface area contributed by atoms with Crippen molar-refractivity contribution in [3.8, 4) is 0 Å². The molecule has 0 heterocycles. The molecule has 3 amide bonds. The molecule has 0 saturated carbocycles. The summed E-state index contributed by atoms with van der Waals surface area (Å²) in [4.78, 5) is 24.6. The lowest BCUT2D eigenvalue weighted by molar-refractivity contribution is 0.102. The fourth-order valence-corrected chi connectivity index (χ4v) is 2.91. The van der Waals surface area contributed by atoms with Crippen LogP contribution in [0.4, 0.5) is 25.0 Å². The fourth-order valence-electron chi connectivity index (χ4n) is 2.72. The molecule has 0 spiro atoms. The van der Waals surface area contributed by atoms with Gasteiger partial charge in [0.15, 0.2) is 0 Å². The Bertz CT molecular complexity index is 1040. The number of halogens is 2. The van der Waals surface area contributed by atoms with Gasteiger partial charge in [0.1, 0.15) is 11.6 Å². The number of hydrogen-bond donors (Lipinski definition) is 3. The number of thiol groups is 1. The van der Waals surface area contributed by atoms with E-state index in [1.54, 1.807) is 42.5 Å². The van der Waals surface area contributed by atoms with Gasteiger partial charge in [0.25, 0.3) is 5.91 Å². The van der Waals surface area contributed by atoms with Crippen molar-refractivity contribution in [2.24, 2.45) is 0 Å². The van der Waals surface area contributed by atoms with Crippen LogP contribution in [-0.4, -0.2) is 18.5 Å². The van der Waals surface area contributed by atoms with Gasteiger partial charge in [0.2, 0.25) is 0 Å². The van der Waals surface area contributed by atoms with Crippen LogP contribution in [0.25, 0.3) is 0 Å². The second kappa shape index (κ2) is 9.89. The molecule has 30 heavy (non-hydrogen) atoms. The van der Waals surface area contributed by atoms with Gasteiger partial charge in [-0.1, -0.05) is 43.1 Å². The molecule has 0 aliphatic carbocycles. The van der Waals surface area contributed by atoms with E-state index in [1.165, 1.54) is 30.3 Å². The minimum atomic E-state index is -0.623. The number of carbonyl (C=O) groups is 2. The maximum absolute atomic E-state index is 13.8. The number of anilines is 2. The normalized spacial score (nSPS) is 10.4. The van der Waals surface area contributed by atoms with Crippen LogP contribution in [-0.2, 0) is 6.42 Å². The molecule has 0 aromatic heterocycles. The van der Waals surface area contributed by atoms with Crippen molar-refractivity contribution in [2.45, 2.75) is 6.42 Å². The molecule has 3 aromatic carbocycles. The summed E-state index contributed by atoms with van der Waals surface area (Å²) in [6.07, 6.45) is 0.534. The van der Waals surface area contributed by atoms with Crippen LogP contribution in [0.2, 0.25) is 0 Å². The quantitative estimate of drug-likeness (QED) is 0.494. The zero-order chi connectivity index (χ0) is 21.5. The van der Waals surface area contributed by atoms with E-state index >= 15 is 0 Å². The number of urea groups is 1. The van der Waals surface area contributed by atoms with Crippen molar-refractivity contribution in [3.05, 3.63) is 95.6 Å². The van der Waals surface area contributed by atoms with E-state index < -0.39 is 17.8 Å². The Kier molecular flexibility index (Phi) is 7.03. The largest absolute Gasteiger partial charge is 0.337 e. The standard InChI is InChI=1S/C22H19F2N3O2S/c23-16-10-8-15(9-11-16)12-13-25-22(29)27(30)18-5-3-4-17(14-18)26-21(28)19-6-1-2-7-20(19)24/h1-11,14,30H,12-13H2,(H,25,29)(H,26,28). The Morgan fingerprint density at radius 3 is 2.40 bits per heavy atom. The first-order chi connectivity index (χ1) is 14.4. The van der Waals surface area contributed by atoms with Gasteiger partial charge < -0.3 is 10.6 Å². The summed E-state index contributed by atoms with van der Waals surface area (Å²) >= 11 is 4.21. The summed E-state index contributed by atoms with van der Waals surface area (Å²) in [5.41, 5.74) is 1.62. The molecule has 5 nitrogen and oxygen atoms in total. The van der Waals surface area contributed by atoms with Crippen LogP contribution in [0.15, 0.2) is 72.8 Å². The first kappa shape index (κ1) is 21.3. The number of benzene rings is 3. The number of rotatable bonds is 6. The molecule has 0 bridgehead atoms. The lowest BCUT2D eigenvalue weighted by atomic mass is 10.1. The molecule has 3 rings (SSSR count). The number of carbonyl (C=O) groups excluding carboxylic acids is 2. The summed E-state index contributed by atoms with van der Waals surface area (Å²) in [7, 11) is 0. The van der Waals surface area contributed by atoms with E-state index in [-0.39, 0.29) is 11.4 Å². The van der Waals surface area contributed by atoms with Gasteiger partial charge in [-0.15, -0.1) is 0 Å². The van der Waals surface area contributed by atoms with Crippen molar-refractivity contribution in [1.82, 2.24) is 5.32 Å². The molecular formula is C22H19F2N3O2S. The van der Waals surface area contributed by atoms with Gasteiger partial charge in [-0.2, -0.15) is 0 Å². The third-order valence-electron chi connectivity index (χ3n) is 4.26. The zero-order valence-corrected chi connectivity index (χ0v) is 16.7. The van der Waals surface area contributed by atoms with Gasteiger partial charge in [0, 0.05) is 12.2 Å². The van der Waals surface area contributed by atoms with Crippen molar-refractivity contribution in [3.63, 3.8) is 0 Å². The maximum Gasteiger partial charge on any atom is 0.331 e. The number of nitrogens with zero attached hydrogens (tertiary/aromatic N) is 1. The highest BCUT2D eigenvalue weighted by Gasteiger charge is 2.14. The van der Waals surface area contributed by atoms with Gasteiger partial charge in [-0.3, -0.25) is 4.79 Å². The van der Waals surface area contributed by atoms with E-state index in [1.807, 2.05) is 0 Å². The molecule has 0 atom stereocenters. The molecule has 0 aliphatic heterocycles. The Balaban J connectivity index is 1.58. The summed E-state index contributed by atoms with van der Waals surface area (Å²) in [5, 5.41) is 5.32. The highest BCUT2D eigenvalue weighted by Crippen LogP contribution is 2.22. The first-order valence-electron chi connectivity index (χ1n) is 9.11. The fraction of sp³-hybridized carbons (Fsp3) is 0.0909. The van der Waals surface area contributed by atoms with E-state index in [0.29, 0.717) is 24.3 Å². The van der Waals surface area contributed by atoms with Gasteiger partial charge in [-0.05, 0) is 54.4 Å². The second-order valence-corrected chi connectivity index (χ2v) is 6.80. The SMILES string of the molecule is O=C(Nc1cccc(N(S)C(=O)NCCc2ccc(F)cc2)c1)c1ccccc1F. The lowest BCUT2D eigenvalue weighted by Crippen LogP contribution is -2.35. The Hall–Kier alpha value is -3.39. The molecular weight excluding hydrogens is 408 g/mol. The lowest BCUT2D eigenvalue weighted by Gasteiger charge is -2.17. The van der Waals surface area contributed by atoms with Crippen LogP contribution < -0.4 is 14.9 Å². The molecule has 0 aliphatic rings. The number of nitrogens with one attached hydrogen (secondary N) is 2. The van der Waals surface area contributed by atoms with Crippen molar-refractivity contribution in [1.29, 1.82) is 0 Å². The Morgan fingerprint density at radius 1 is 0.933 bits per heavy atom. The molecule has 0 fully saturated rings. The average molecular weight is 427 g/mol. The monoisotopic (exact) mass is 427 g/mol. The minimum absolute atomic E-state index is 0.0795. The third-order valence-corrected chi connectivity index (χ3v) is 4.68. The highest BCUT2D eigenvalue weighted by molar-refractivity contribution is 7.82. The summed E-state index contributed by atoms with van der Waals surface area (Å²) in [5.74, 6) is -1.53. The van der Waals surface area contributed by atoms with Crippen LogP contribution in [0.3, 0.4) is 0 Å². The van der Waals surface area contributed by atoms with E-state index in [4.69, 9.17) is 0 Å². The number of hydrogen-bond acceptors (Lipinski definition) is 3. The predicted molar refractivity (Wildman–Crippen MR) is 116 cm³/mol. The van der Waals surface area contributed by atoms with E-state index in [9.17, 15) is 18.4 Å². The Morgan fingerprint density at radius 2 is 1.67 bits per heavy atom. The van der Waals surface area contributed by atoms with Crippen molar-refractivity contribution < 1.29 is 18.4 Å². The van der Waals surface area contributed by atoms with Crippen molar-refractivity contribution >= 4 is 36.1 Å². The smallest absolute Gasteiger partial charge is 0.331 e. The van der Waals surface area contributed by atoms with Gasteiger partial charge in [-0.25, -0.2) is 17.9 Å². The average Bonchev–Trinajstić information content (AvgIpc) is 2.75. The Labute approximate surface area is 178 Å². The maximum atomic E-state index is 13.8. The number of amides is 3. The topological polar surface area (TPSA) is 61.4 Å². The summed E-state index contributed by atoms with van der Waals surface area (Å²) < 4.78 is 27.8. The minimum Gasteiger partial charge on any atom is -0.337 e. The molecule has 8 heteroatoms. The van der Waals surface area contributed by atoms with Crippen LogP contribution in [0, 0.1) is 11.6 Å². The third kappa shape index (κ3) is 5.57. The van der Waals surface area contributed by atoms with Gasteiger partial charge in [0.05, 0.1) is 11.3 Å². The van der Waals surface area contributed by atoms with Crippen LogP contribution in [0.5, 0.6) is 0 Å². The highest BCUT2D eigenvalue weighted by atomic mass is 32.1. The van der Waals surface area contributed by atoms with E-state index in [0.717, 1.165) is 9.87 Å². The molecule has 0 radical (unpaired) electrons. The summed E-state index contributed by atoms with van der Waals surface area (Å²) in [6, 6.07) is 17.7. The van der Waals surface area contributed by atoms with Gasteiger partial charge >= 0.3 is 6.03 Å². The van der Waals surface area contributed by atoms with Crippen LogP contribution >= 0.6 is 12.8 Å². The van der Waals surface area contributed by atoms with E-state index in [2.05, 4.69) is 23.4 Å². The molecule has 154 valence electrons. The predicted octanol–water partition coefficient (Wildman–Crippen LogP) is 4.82. The molecule has 3 aromatic rings. The molecule has 0 saturated heterocycles. The van der Waals surface area contributed by atoms with Crippen molar-refractivity contribution in [2.75, 3.05) is 16.2 Å². The zero-order valence-electron chi connectivity index (χ0n) is 15.8. The summed E-state index contributed by atoms with van der Waals surface area (Å²) in [6.45, 7) is 0.339.